The van der Waals surface area contributed by atoms with Gasteiger partial charge in [-0.1, -0.05) is 13.8 Å². The molecule has 4 heteroatoms. The molecule has 0 bridgehead atoms. The van der Waals surface area contributed by atoms with Crippen LogP contribution < -0.4 is 5.32 Å². The normalized spacial score (nSPS) is 24.1. The van der Waals surface area contributed by atoms with Crippen LogP contribution in [-0.4, -0.2) is 29.0 Å². The Morgan fingerprint density at radius 2 is 2.33 bits per heavy atom. The number of hydrogen-bond donors (Lipinski definition) is 1. The van der Waals surface area contributed by atoms with Crippen LogP contribution in [-0.2, 0) is 18.3 Å². The summed E-state index contributed by atoms with van der Waals surface area (Å²) in [6.07, 6.45) is 3.70. The fourth-order valence-electron chi connectivity index (χ4n) is 2.61. The summed E-state index contributed by atoms with van der Waals surface area (Å²) in [7, 11) is 1.99. The monoisotopic (exact) mass is 251 g/mol. The van der Waals surface area contributed by atoms with Gasteiger partial charge in [-0.3, -0.25) is 4.68 Å². The van der Waals surface area contributed by atoms with Gasteiger partial charge in [-0.25, -0.2) is 0 Å². The minimum absolute atomic E-state index is 0.399. The summed E-state index contributed by atoms with van der Waals surface area (Å²) in [5.41, 5.74) is 2.53. The van der Waals surface area contributed by atoms with Crippen LogP contribution in [0.15, 0.2) is 6.20 Å². The van der Waals surface area contributed by atoms with Crippen molar-refractivity contribution in [2.75, 3.05) is 13.2 Å². The minimum atomic E-state index is 0.399. The van der Waals surface area contributed by atoms with E-state index in [0.29, 0.717) is 17.9 Å². The molecule has 0 spiro atoms. The Morgan fingerprint density at radius 3 is 2.94 bits per heavy atom. The lowest BCUT2D eigenvalue weighted by Gasteiger charge is -2.14. The maximum atomic E-state index is 5.58. The number of aryl methyl sites for hydroxylation is 1. The molecule has 4 nitrogen and oxygen atoms in total. The van der Waals surface area contributed by atoms with Crippen molar-refractivity contribution in [2.45, 2.75) is 45.8 Å². The van der Waals surface area contributed by atoms with Crippen molar-refractivity contribution in [3.05, 3.63) is 17.5 Å². The Kier molecular flexibility index (Phi) is 4.40. The first-order valence-corrected chi connectivity index (χ1v) is 6.92. The average molecular weight is 251 g/mol. The van der Waals surface area contributed by atoms with Crippen molar-refractivity contribution in [3.8, 4) is 0 Å². The van der Waals surface area contributed by atoms with Gasteiger partial charge in [0.25, 0.3) is 0 Å². The van der Waals surface area contributed by atoms with Crippen LogP contribution in [0.1, 0.15) is 44.4 Å². The highest BCUT2D eigenvalue weighted by Gasteiger charge is 2.23. The van der Waals surface area contributed by atoms with Crippen molar-refractivity contribution in [2.24, 2.45) is 13.0 Å². The molecular formula is C14H25N3O. The van der Waals surface area contributed by atoms with E-state index in [2.05, 4.69) is 37.4 Å². The zero-order valence-corrected chi connectivity index (χ0v) is 11.9. The van der Waals surface area contributed by atoms with Gasteiger partial charge < -0.3 is 10.1 Å². The molecule has 0 saturated carbocycles. The Hall–Kier alpha value is -0.870. The Labute approximate surface area is 110 Å². The molecule has 1 N–H and O–H groups in total. The molecule has 1 saturated heterocycles. The highest BCUT2D eigenvalue weighted by atomic mass is 16.5. The maximum Gasteiger partial charge on any atom is 0.0694 e. The van der Waals surface area contributed by atoms with Gasteiger partial charge in [-0.15, -0.1) is 0 Å². The topological polar surface area (TPSA) is 39.1 Å². The molecule has 1 aromatic heterocycles. The van der Waals surface area contributed by atoms with Gasteiger partial charge in [0.2, 0.25) is 0 Å². The largest absolute Gasteiger partial charge is 0.378 e. The molecule has 0 amide bonds. The number of aromatic nitrogens is 2. The molecule has 18 heavy (non-hydrogen) atoms. The molecule has 2 atom stereocenters. The van der Waals surface area contributed by atoms with Crippen molar-refractivity contribution in [1.82, 2.24) is 15.1 Å². The van der Waals surface area contributed by atoms with Crippen LogP contribution in [0.4, 0.5) is 0 Å². The van der Waals surface area contributed by atoms with E-state index in [1.807, 2.05) is 11.7 Å². The van der Waals surface area contributed by atoms with Crippen LogP contribution >= 0.6 is 0 Å². The van der Waals surface area contributed by atoms with E-state index in [-0.39, 0.29) is 0 Å². The third-order valence-corrected chi connectivity index (χ3v) is 3.74. The van der Waals surface area contributed by atoms with Crippen molar-refractivity contribution in [3.63, 3.8) is 0 Å². The number of ether oxygens (including phenoxy) is 1. The van der Waals surface area contributed by atoms with Gasteiger partial charge in [0.05, 0.1) is 11.8 Å². The van der Waals surface area contributed by atoms with E-state index >= 15 is 0 Å². The smallest absolute Gasteiger partial charge is 0.0694 e. The van der Waals surface area contributed by atoms with E-state index in [4.69, 9.17) is 4.74 Å². The number of hydrogen-bond acceptors (Lipinski definition) is 3. The Bertz CT molecular complexity index is 386. The summed E-state index contributed by atoms with van der Waals surface area (Å²) < 4.78 is 7.49. The third-order valence-electron chi connectivity index (χ3n) is 3.74. The summed E-state index contributed by atoms with van der Waals surface area (Å²) in [6.45, 7) is 9.41. The van der Waals surface area contributed by atoms with Crippen LogP contribution in [0.25, 0.3) is 0 Å². The van der Waals surface area contributed by atoms with Gasteiger partial charge in [0, 0.05) is 38.5 Å². The Balaban J connectivity index is 1.86. The average Bonchev–Trinajstić information content (AvgIpc) is 2.86. The standard InChI is InChI=1S/C14H25N3O/c1-10(2)14-13(9-17(4)16-14)8-15-7-12-5-6-18-11(12)3/h9-12,15H,5-8H2,1-4H3. The van der Waals surface area contributed by atoms with E-state index in [1.165, 1.54) is 17.7 Å². The van der Waals surface area contributed by atoms with E-state index in [9.17, 15) is 0 Å². The second-order valence-electron chi connectivity index (χ2n) is 5.62. The molecule has 2 heterocycles. The first-order chi connectivity index (χ1) is 8.58. The summed E-state index contributed by atoms with van der Waals surface area (Å²) >= 11 is 0. The van der Waals surface area contributed by atoms with Gasteiger partial charge >= 0.3 is 0 Å². The van der Waals surface area contributed by atoms with E-state index < -0.39 is 0 Å². The second-order valence-corrected chi connectivity index (χ2v) is 5.62. The summed E-state index contributed by atoms with van der Waals surface area (Å²) in [4.78, 5) is 0. The lowest BCUT2D eigenvalue weighted by atomic mass is 10.0. The maximum absolute atomic E-state index is 5.58. The minimum Gasteiger partial charge on any atom is -0.378 e. The zero-order chi connectivity index (χ0) is 13.1. The van der Waals surface area contributed by atoms with Crippen LogP contribution in [0.3, 0.4) is 0 Å². The quantitative estimate of drug-likeness (QED) is 0.870. The molecule has 102 valence electrons. The predicted molar refractivity (Wildman–Crippen MR) is 72.5 cm³/mol. The third kappa shape index (κ3) is 3.12. The number of nitrogens with one attached hydrogen (secondary N) is 1. The van der Waals surface area contributed by atoms with Gasteiger partial charge in [0.15, 0.2) is 0 Å². The molecule has 0 radical (unpaired) electrons. The van der Waals surface area contributed by atoms with Crippen molar-refractivity contribution >= 4 is 0 Å². The highest BCUT2D eigenvalue weighted by Crippen LogP contribution is 2.20. The van der Waals surface area contributed by atoms with Gasteiger partial charge in [-0.2, -0.15) is 5.10 Å². The summed E-state index contributed by atoms with van der Waals surface area (Å²) in [5, 5.41) is 8.08. The van der Waals surface area contributed by atoms with Gasteiger partial charge in [0.1, 0.15) is 0 Å². The SMILES string of the molecule is CC(C)c1nn(C)cc1CNCC1CCOC1C. The van der Waals surface area contributed by atoms with Crippen molar-refractivity contribution in [1.29, 1.82) is 0 Å². The molecule has 0 aliphatic carbocycles. The van der Waals surface area contributed by atoms with Crippen molar-refractivity contribution < 1.29 is 4.74 Å². The van der Waals surface area contributed by atoms with E-state index in [0.717, 1.165) is 19.7 Å². The lowest BCUT2D eigenvalue weighted by molar-refractivity contribution is 0.105. The number of nitrogens with zero attached hydrogens (tertiary/aromatic N) is 2. The highest BCUT2D eigenvalue weighted by molar-refractivity contribution is 5.19. The van der Waals surface area contributed by atoms with Crippen LogP contribution in [0.5, 0.6) is 0 Å². The van der Waals surface area contributed by atoms with Gasteiger partial charge in [-0.05, 0) is 25.2 Å². The molecule has 2 unspecified atom stereocenters. The molecule has 1 fully saturated rings. The molecule has 0 aromatic carbocycles. The summed E-state index contributed by atoms with van der Waals surface area (Å²) in [6, 6.07) is 0. The zero-order valence-electron chi connectivity index (χ0n) is 11.9. The van der Waals surface area contributed by atoms with Crippen LogP contribution in [0.2, 0.25) is 0 Å². The fraction of sp³-hybridized carbons (Fsp3) is 0.786. The molecule has 1 aliphatic rings. The first-order valence-electron chi connectivity index (χ1n) is 6.92. The van der Waals surface area contributed by atoms with Crippen LogP contribution in [0, 0.1) is 5.92 Å². The second kappa shape index (κ2) is 5.85. The molecule has 2 rings (SSSR count). The molecular weight excluding hydrogens is 226 g/mol. The first kappa shape index (κ1) is 13.6. The summed E-state index contributed by atoms with van der Waals surface area (Å²) in [5.74, 6) is 1.14. The number of rotatable bonds is 5. The molecule has 1 aliphatic heterocycles. The molecule has 1 aromatic rings. The predicted octanol–water partition coefficient (Wildman–Crippen LogP) is 2.06. The van der Waals surface area contributed by atoms with E-state index in [1.54, 1.807) is 0 Å². The Morgan fingerprint density at radius 1 is 1.56 bits per heavy atom. The lowest BCUT2D eigenvalue weighted by Crippen LogP contribution is -2.26. The fourth-order valence-corrected chi connectivity index (χ4v) is 2.61.